The summed E-state index contributed by atoms with van der Waals surface area (Å²) in [7, 11) is 0. The van der Waals surface area contributed by atoms with Crippen molar-refractivity contribution in [1.82, 2.24) is 0 Å². The maximum absolute atomic E-state index is 13.4. The largest absolute Gasteiger partial charge is 0.321 e. The zero-order chi connectivity index (χ0) is 11.9. The molecule has 3 nitrogen and oxygen atoms in total. The number of anilines is 1. The molecule has 0 spiro atoms. The van der Waals surface area contributed by atoms with Gasteiger partial charge in [-0.25, -0.2) is 8.78 Å². The Hall–Kier alpha value is -1.01. The Morgan fingerprint density at radius 2 is 2.06 bits per heavy atom. The fourth-order valence-corrected chi connectivity index (χ4v) is 1.77. The van der Waals surface area contributed by atoms with Gasteiger partial charge in [0.15, 0.2) is 5.82 Å². The standard InChI is InChI=1S/C10H9BrF2N2O/c11-6-3-5(12)4-7(13)8(6)15-9(16)10(14)1-2-10/h3-4H,1-2,14H2,(H,15,16). The van der Waals surface area contributed by atoms with Crippen LogP contribution in [-0.2, 0) is 4.79 Å². The number of nitrogens with one attached hydrogen (secondary N) is 1. The molecule has 0 aliphatic heterocycles. The van der Waals surface area contributed by atoms with Crippen molar-refractivity contribution in [3.8, 4) is 0 Å². The van der Waals surface area contributed by atoms with Crippen molar-refractivity contribution in [3.05, 3.63) is 28.2 Å². The van der Waals surface area contributed by atoms with Gasteiger partial charge in [-0.3, -0.25) is 4.79 Å². The van der Waals surface area contributed by atoms with Crippen LogP contribution in [0.5, 0.6) is 0 Å². The molecule has 1 aromatic carbocycles. The van der Waals surface area contributed by atoms with E-state index in [0.29, 0.717) is 18.9 Å². The summed E-state index contributed by atoms with van der Waals surface area (Å²) in [4.78, 5) is 11.6. The van der Waals surface area contributed by atoms with Crippen LogP contribution in [0.4, 0.5) is 14.5 Å². The molecular weight excluding hydrogens is 282 g/mol. The quantitative estimate of drug-likeness (QED) is 0.877. The highest BCUT2D eigenvalue weighted by molar-refractivity contribution is 9.10. The van der Waals surface area contributed by atoms with Crippen molar-refractivity contribution in [3.63, 3.8) is 0 Å². The molecule has 3 N–H and O–H groups in total. The molecular formula is C10H9BrF2N2O. The van der Waals surface area contributed by atoms with Gasteiger partial charge >= 0.3 is 0 Å². The van der Waals surface area contributed by atoms with E-state index in [-0.39, 0.29) is 10.2 Å². The Labute approximate surface area is 99.1 Å². The maximum Gasteiger partial charge on any atom is 0.244 e. The number of nitrogens with two attached hydrogens (primary N) is 1. The van der Waals surface area contributed by atoms with Gasteiger partial charge in [0.1, 0.15) is 5.82 Å². The van der Waals surface area contributed by atoms with E-state index in [1.54, 1.807) is 0 Å². The third-order valence-corrected chi connectivity index (χ3v) is 3.11. The first-order valence-electron chi connectivity index (χ1n) is 4.67. The molecule has 0 atom stereocenters. The van der Waals surface area contributed by atoms with Crippen molar-refractivity contribution >= 4 is 27.5 Å². The van der Waals surface area contributed by atoms with Crippen molar-refractivity contribution in [2.24, 2.45) is 5.73 Å². The summed E-state index contributed by atoms with van der Waals surface area (Å²) in [6, 6.07) is 1.78. The average Bonchev–Trinajstić information content (AvgIpc) is 2.91. The number of hydrogen-bond donors (Lipinski definition) is 2. The zero-order valence-corrected chi connectivity index (χ0v) is 9.77. The molecule has 0 heterocycles. The highest BCUT2D eigenvalue weighted by Crippen LogP contribution is 2.35. The lowest BCUT2D eigenvalue weighted by Crippen LogP contribution is -2.38. The Morgan fingerprint density at radius 3 is 2.56 bits per heavy atom. The lowest BCUT2D eigenvalue weighted by molar-refractivity contribution is -0.118. The van der Waals surface area contributed by atoms with Gasteiger partial charge in [-0.05, 0) is 34.8 Å². The number of halogens is 3. The van der Waals surface area contributed by atoms with E-state index in [1.807, 2.05) is 0 Å². The van der Waals surface area contributed by atoms with Gasteiger partial charge in [0.2, 0.25) is 5.91 Å². The highest BCUT2D eigenvalue weighted by Gasteiger charge is 2.46. The van der Waals surface area contributed by atoms with Crippen LogP contribution in [0.2, 0.25) is 0 Å². The maximum atomic E-state index is 13.4. The van der Waals surface area contributed by atoms with Gasteiger partial charge in [-0.15, -0.1) is 0 Å². The zero-order valence-electron chi connectivity index (χ0n) is 8.19. The molecule has 0 unspecified atom stereocenters. The summed E-state index contributed by atoms with van der Waals surface area (Å²) in [6.45, 7) is 0. The minimum Gasteiger partial charge on any atom is -0.321 e. The summed E-state index contributed by atoms with van der Waals surface area (Å²) in [6.07, 6.45) is 1.17. The highest BCUT2D eigenvalue weighted by atomic mass is 79.9. The molecule has 1 fully saturated rings. The van der Waals surface area contributed by atoms with E-state index in [9.17, 15) is 13.6 Å². The minimum absolute atomic E-state index is 0.0804. The second kappa shape index (κ2) is 3.78. The van der Waals surface area contributed by atoms with Crippen LogP contribution in [0.15, 0.2) is 16.6 Å². The van der Waals surface area contributed by atoms with Gasteiger partial charge in [0.25, 0.3) is 0 Å². The molecule has 6 heteroatoms. The Balaban J connectivity index is 2.24. The number of hydrogen-bond acceptors (Lipinski definition) is 2. The number of carbonyl (C=O) groups is 1. The summed E-state index contributed by atoms with van der Waals surface area (Å²) < 4.78 is 26.3. The normalized spacial score (nSPS) is 17.0. The fraction of sp³-hybridized carbons (Fsp3) is 0.300. The van der Waals surface area contributed by atoms with Crippen LogP contribution in [-0.4, -0.2) is 11.4 Å². The van der Waals surface area contributed by atoms with E-state index in [1.165, 1.54) is 0 Å². The number of benzene rings is 1. The molecule has 1 aliphatic rings. The van der Waals surface area contributed by atoms with E-state index in [2.05, 4.69) is 21.2 Å². The first kappa shape index (κ1) is 11.5. The molecule has 0 radical (unpaired) electrons. The van der Waals surface area contributed by atoms with Crippen molar-refractivity contribution in [2.45, 2.75) is 18.4 Å². The number of rotatable bonds is 2. The van der Waals surface area contributed by atoms with Crippen LogP contribution in [0.1, 0.15) is 12.8 Å². The van der Waals surface area contributed by atoms with E-state index in [0.717, 1.165) is 6.07 Å². The van der Waals surface area contributed by atoms with Crippen molar-refractivity contribution in [2.75, 3.05) is 5.32 Å². The Kier molecular flexibility index (Phi) is 2.71. The third-order valence-electron chi connectivity index (χ3n) is 2.49. The van der Waals surface area contributed by atoms with Crippen LogP contribution >= 0.6 is 15.9 Å². The van der Waals surface area contributed by atoms with Crippen LogP contribution in [0, 0.1) is 11.6 Å². The van der Waals surface area contributed by atoms with Crippen LogP contribution < -0.4 is 11.1 Å². The average molecular weight is 291 g/mol. The van der Waals surface area contributed by atoms with Gasteiger partial charge in [-0.1, -0.05) is 0 Å². The molecule has 1 amide bonds. The van der Waals surface area contributed by atoms with Crippen LogP contribution in [0.3, 0.4) is 0 Å². The van der Waals surface area contributed by atoms with Gasteiger partial charge < -0.3 is 11.1 Å². The lowest BCUT2D eigenvalue weighted by atomic mass is 10.2. The summed E-state index contributed by atoms with van der Waals surface area (Å²) in [5.41, 5.74) is 4.68. The monoisotopic (exact) mass is 290 g/mol. The van der Waals surface area contributed by atoms with Gasteiger partial charge in [-0.2, -0.15) is 0 Å². The Bertz CT molecular complexity index is 437. The van der Waals surface area contributed by atoms with Crippen molar-refractivity contribution < 1.29 is 13.6 Å². The summed E-state index contributed by atoms with van der Waals surface area (Å²) in [5, 5.41) is 2.36. The summed E-state index contributed by atoms with van der Waals surface area (Å²) >= 11 is 2.98. The summed E-state index contributed by atoms with van der Waals surface area (Å²) in [5.74, 6) is -1.99. The molecule has 86 valence electrons. The smallest absolute Gasteiger partial charge is 0.244 e. The second-order valence-electron chi connectivity index (χ2n) is 3.85. The topological polar surface area (TPSA) is 55.1 Å². The van der Waals surface area contributed by atoms with E-state index >= 15 is 0 Å². The number of carbonyl (C=O) groups excluding carboxylic acids is 1. The molecule has 2 rings (SSSR count). The number of amides is 1. The van der Waals surface area contributed by atoms with Gasteiger partial charge in [0.05, 0.1) is 11.2 Å². The Morgan fingerprint density at radius 1 is 1.44 bits per heavy atom. The van der Waals surface area contributed by atoms with Crippen molar-refractivity contribution in [1.29, 1.82) is 0 Å². The lowest BCUT2D eigenvalue weighted by Gasteiger charge is -2.12. The predicted molar refractivity (Wildman–Crippen MR) is 58.8 cm³/mol. The van der Waals surface area contributed by atoms with Gasteiger partial charge in [0, 0.05) is 10.5 Å². The first-order valence-corrected chi connectivity index (χ1v) is 5.46. The molecule has 1 aliphatic carbocycles. The molecule has 1 aromatic rings. The van der Waals surface area contributed by atoms with Crippen LogP contribution in [0.25, 0.3) is 0 Å². The SMILES string of the molecule is NC1(C(=O)Nc2c(F)cc(F)cc2Br)CC1. The predicted octanol–water partition coefficient (Wildman–Crippen LogP) is 2.16. The fourth-order valence-electron chi connectivity index (χ4n) is 1.26. The molecule has 0 saturated heterocycles. The molecule has 0 bridgehead atoms. The van der Waals surface area contributed by atoms with E-state index in [4.69, 9.17) is 5.73 Å². The van der Waals surface area contributed by atoms with E-state index < -0.39 is 23.1 Å². The molecule has 1 saturated carbocycles. The molecule has 16 heavy (non-hydrogen) atoms. The second-order valence-corrected chi connectivity index (χ2v) is 4.71. The minimum atomic E-state index is -0.889. The first-order chi connectivity index (χ1) is 7.42. The molecule has 0 aromatic heterocycles. The third kappa shape index (κ3) is 2.08.